The molecule has 22 heavy (non-hydrogen) atoms. The number of carbonyl (C=O) groups is 2. The number of aryl methyl sites for hydroxylation is 1. The van der Waals surface area contributed by atoms with Gasteiger partial charge in [0.1, 0.15) is 5.54 Å². The zero-order chi connectivity index (χ0) is 16.3. The van der Waals surface area contributed by atoms with Gasteiger partial charge in [0.25, 0.3) is 5.91 Å². The Morgan fingerprint density at radius 2 is 2.00 bits per heavy atom. The van der Waals surface area contributed by atoms with Crippen molar-refractivity contribution in [1.82, 2.24) is 10.3 Å². The van der Waals surface area contributed by atoms with Crippen LogP contribution in [0.5, 0.6) is 0 Å². The number of hydrogen-bond acceptors (Lipinski definition) is 3. The highest BCUT2D eigenvalue weighted by Crippen LogP contribution is 2.19. The Bertz CT molecular complexity index is 727. The first-order valence-electron chi connectivity index (χ1n) is 7.29. The number of rotatable bonds is 5. The molecule has 0 aliphatic heterocycles. The second kappa shape index (κ2) is 6.13. The second-order valence-corrected chi connectivity index (χ2v) is 5.67. The van der Waals surface area contributed by atoms with Gasteiger partial charge in [-0.3, -0.25) is 9.78 Å². The van der Waals surface area contributed by atoms with E-state index in [2.05, 4.69) is 10.3 Å². The minimum Gasteiger partial charge on any atom is -0.480 e. The summed E-state index contributed by atoms with van der Waals surface area (Å²) in [7, 11) is 0. The number of carboxylic acids is 1. The molecule has 1 amide bonds. The number of fused-ring (bicyclic) bond motifs is 1. The minimum atomic E-state index is -1.28. The molecule has 0 spiro atoms. The molecule has 1 unspecified atom stereocenters. The van der Waals surface area contributed by atoms with E-state index in [0.29, 0.717) is 23.9 Å². The summed E-state index contributed by atoms with van der Waals surface area (Å²) in [6.07, 6.45) is 1.03. The van der Waals surface area contributed by atoms with Crippen molar-refractivity contribution in [2.24, 2.45) is 0 Å². The van der Waals surface area contributed by atoms with E-state index in [9.17, 15) is 14.7 Å². The van der Waals surface area contributed by atoms with Gasteiger partial charge >= 0.3 is 5.97 Å². The fourth-order valence-electron chi connectivity index (χ4n) is 2.47. The largest absolute Gasteiger partial charge is 0.480 e. The van der Waals surface area contributed by atoms with Crippen LogP contribution < -0.4 is 5.32 Å². The van der Waals surface area contributed by atoms with Crippen LogP contribution in [0.4, 0.5) is 0 Å². The quantitative estimate of drug-likeness (QED) is 0.890. The molecule has 0 aliphatic rings. The van der Waals surface area contributed by atoms with Crippen molar-refractivity contribution >= 4 is 22.8 Å². The van der Waals surface area contributed by atoms with Crippen LogP contribution in [0.25, 0.3) is 10.9 Å². The van der Waals surface area contributed by atoms with E-state index in [-0.39, 0.29) is 0 Å². The topological polar surface area (TPSA) is 79.3 Å². The molecule has 1 aromatic heterocycles. The molecule has 0 aliphatic carbocycles. The van der Waals surface area contributed by atoms with Gasteiger partial charge in [0.05, 0.1) is 11.1 Å². The number of benzene rings is 1. The molecule has 1 atom stereocenters. The van der Waals surface area contributed by atoms with Crippen LogP contribution in [0.2, 0.25) is 0 Å². The highest BCUT2D eigenvalue weighted by molar-refractivity contribution is 6.07. The van der Waals surface area contributed by atoms with Crippen LogP contribution in [0, 0.1) is 6.92 Å². The van der Waals surface area contributed by atoms with Crippen LogP contribution in [0.15, 0.2) is 30.3 Å². The molecule has 5 nitrogen and oxygen atoms in total. The van der Waals surface area contributed by atoms with Gasteiger partial charge in [-0.15, -0.1) is 0 Å². The predicted molar refractivity (Wildman–Crippen MR) is 84.9 cm³/mol. The van der Waals surface area contributed by atoms with E-state index in [1.807, 2.05) is 32.0 Å². The van der Waals surface area contributed by atoms with E-state index in [1.165, 1.54) is 6.92 Å². The number of aliphatic carboxylic acids is 1. The summed E-state index contributed by atoms with van der Waals surface area (Å²) in [5, 5.41) is 12.9. The third-order valence-electron chi connectivity index (χ3n) is 3.72. The maximum atomic E-state index is 12.6. The summed E-state index contributed by atoms with van der Waals surface area (Å²) in [5.41, 5.74) is 0.508. The van der Waals surface area contributed by atoms with Crippen LogP contribution >= 0.6 is 0 Å². The van der Waals surface area contributed by atoms with E-state index < -0.39 is 17.4 Å². The number of hydrogen-bond donors (Lipinski definition) is 2. The highest BCUT2D eigenvalue weighted by Gasteiger charge is 2.34. The highest BCUT2D eigenvalue weighted by atomic mass is 16.4. The average Bonchev–Trinajstić information content (AvgIpc) is 2.46. The fourth-order valence-corrected chi connectivity index (χ4v) is 2.47. The number of carboxylic acid groups (broad SMARTS) is 1. The fraction of sp³-hybridized carbons (Fsp3) is 0.353. The van der Waals surface area contributed by atoms with Crippen molar-refractivity contribution in [2.75, 3.05) is 0 Å². The lowest BCUT2D eigenvalue weighted by molar-refractivity contribution is -0.144. The SMILES string of the molecule is CCCC(C)(NC(=O)c1cccc2ccc(C)nc12)C(=O)O. The van der Waals surface area contributed by atoms with Crippen LogP contribution in [-0.2, 0) is 4.79 Å². The Morgan fingerprint density at radius 3 is 2.64 bits per heavy atom. The lowest BCUT2D eigenvalue weighted by atomic mass is 9.95. The third kappa shape index (κ3) is 3.08. The second-order valence-electron chi connectivity index (χ2n) is 5.67. The van der Waals surface area contributed by atoms with E-state index in [0.717, 1.165) is 11.1 Å². The smallest absolute Gasteiger partial charge is 0.329 e. The number of nitrogens with one attached hydrogen (secondary N) is 1. The van der Waals surface area contributed by atoms with Crippen molar-refractivity contribution in [3.05, 3.63) is 41.6 Å². The Labute approximate surface area is 129 Å². The van der Waals surface area contributed by atoms with E-state index in [1.54, 1.807) is 12.1 Å². The summed E-state index contributed by atoms with van der Waals surface area (Å²) in [6, 6.07) is 9.09. The maximum absolute atomic E-state index is 12.6. The van der Waals surface area contributed by atoms with Crippen LogP contribution in [-0.4, -0.2) is 27.5 Å². The molecule has 0 saturated carbocycles. The molecule has 0 radical (unpaired) electrons. The summed E-state index contributed by atoms with van der Waals surface area (Å²) in [5.74, 6) is -1.45. The van der Waals surface area contributed by atoms with Gasteiger partial charge in [-0.05, 0) is 32.4 Å². The van der Waals surface area contributed by atoms with Crippen molar-refractivity contribution in [2.45, 2.75) is 39.2 Å². The average molecular weight is 300 g/mol. The van der Waals surface area contributed by atoms with Gasteiger partial charge in [0, 0.05) is 11.1 Å². The van der Waals surface area contributed by atoms with Crippen LogP contribution in [0.3, 0.4) is 0 Å². The van der Waals surface area contributed by atoms with Crippen molar-refractivity contribution < 1.29 is 14.7 Å². The first-order chi connectivity index (χ1) is 10.4. The first kappa shape index (κ1) is 15.9. The van der Waals surface area contributed by atoms with Gasteiger partial charge in [0.15, 0.2) is 0 Å². The van der Waals surface area contributed by atoms with Gasteiger partial charge in [0.2, 0.25) is 0 Å². The molecule has 2 N–H and O–H groups in total. The Hall–Kier alpha value is -2.43. The Balaban J connectivity index is 2.41. The van der Waals surface area contributed by atoms with Crippen LogP contribution in [0.1, 0.15) is 42.7 Å². The molecule has 2 aromatic rings. The molecule has 0 bridgehead atoms. The van der Waals surface area contributed by atoms with Crippen molar-refractivity contribution in [3.63, 3.8) is 0 Å². The van der Waals surface area contributed by atoms with Gasteiger partial charge in [-0.1, -0.05) is 31.5 Å². The summed E-state index contributed by atoms with van der Waals surface area (Å²) in [4.78, 5) is 28.4. The number of amides is 1. The Kier molecular flexibility index (Phi) is 4.45. The molecular formula is C17H20N2O3. The monoisotopic (exact) mass is 300 g/mol. The summed E-state index contributed by atoms with van der Waals surface area (Å²) < 4.78 is 0. The van der Waals surface area contributed by atoms with Gasteiger partial charge in [-0.2, -0.15) is 0 Å². The zero-order valence-electron chi connectivity index (χ0n) is 13.0. The third-order valence-corrected chi connectivity index (χ3v) is 3.72. The number of aromatic nitrogens is 1. The first-order valence-corrected chi connectivity index (χ1v) is 7.29. The number of nitrogens with zero attached hydrogens (tertiary/aromatic N) is 1. The van der Waals surface area contributed by atoms with Crippen molar-refractivity contribution in [1.29, 1.82) is 0 Å². The van der Waals surface area contributed by atoms with E-state index >= 15 is 0 Å². The summed E-state index contributed by atoms with van der Waals surface area (Å²) in [6.45, 7) is 5.27. The molecule has 0 saturated heterocycles. The molecule has 1 aromatic carbocycles. The van der Waals surface area contributed by atoms with Crippen molar-refractivity contribution in [3.8, 4) is 0 Å². The molecule has 2 rings (SSSR count). The zero-order valence-corrected chi connectivity index (χ0v) is 13.0. The lowest BCUT2D eigenvalue weighted by Gasteiger charge is -2.26. The summed E-state index contributed by atoms with van der Waals surface area (Å²) >= 11 is 0. The molecule has 116 valence electrons. The lowest BCUT2D eigenvalue weighted by Crippen LogP contribution is -2.52. The number of pyridine rings is 1. The molecule has 5 heteroatoms. The normalized spacial score (nSPS) is 13.6. The minimum absolute atomic E-state index is 0.366. The molecular weight excluding hydrogens is 280 g/mol. The molecule has 0 fully saturated rings. The van der Waals surface area contributed by atoms with Gasteiger partial charge in [-0.25, -0.2) is 4.79 Å². The Morgan fingerprint density at radius 1 is 1.27 bits per heavy atom. The molecule has 1 heterocycles. The maximum Gasteiger partial charge on any atom is 0.329 e. The number of para-hydroxylation sites is 1. The number of carbonyl (C=O) groups excluding carboxylic acids is 1. The predicted octanol–water partition coefficient (Wildman–Crippen LogP) is 2.92. The standard InChI is InChI=1S/C17H20N2O3/c1-4-10-17(3,16(21)22)19-15(20)13-7-5-6-12-9-8-11(2)18-14(12)13/h5-9H,4,10H2,1-3H3,(H,19,20)(H,21,22). The van der Waals surface area contributed by atoms with E-state index in [4.69, 9.17) is 0 Å². The van der Waals surface area contributed by atoms with Gasteiger partial charge < -0.3 is 10.4 Å².